The van der Waals surface area contributed by atoms with Crippen molar-refractivity contribution in [1.82, 2.24) is 9.46 Å². The fourth-order valence-electron chi connectivity index (χ4n) is 5.44. The standard InChI is InChI=1S/C26H31BN3.Ir/c1-17(2)19-12-10-13-20(18(3)4)25(19)27-29(5)23-15-8-6-11-21(23)26-28-22-14-7-9-16-24(22)30(26)27;/h6,8,10,12-13,15,17-18H,7,9,14,16H2,1-5H3;/q-1;. The first-order valence-corrected chi connectivity index (χ1v) is 11.5. The second-order valence-corrected chi connectivity index (χ2v) is 9.48. The molecule has 1 aliphatic carbocycles. The monoisotopic (exact) mass is 589 g/mol. The summed E-state index contributed by atoms with van der Waals surface area (Å²) >= 11 is 0. The molecule has 0 bridgehead atoms. The van der Waals surface area contributed by atoms with E-state index < -0.39 is 0 Å². The van der Waals surface area contributed by atoms with E-state index in [9.17, 15) is 0 Å². The van der Waals surface area contributed by atoms with E-state index in [2.05, 4.69) is 80.4 Å². The van der Waals surface area contributed by atoms with E-state index in [-0.39, 0.29) is 27.1 Å². The Morgan fingerprint density at radius 1 is 0.968 bits per heavy atom. The number of nitrogens with zero attached hydrogens (tertiary/aromatic N) is 3. The van der Waals surface area contributed by atoms with Gasteiger partial charge in [-0.15, -0.1) is 24.3 Å². The summed E-state index contributed by atoms with van der Waals surface area (Å²) in [6.07, 6.45) is 4.71. The minimum atomic E-state index is 0. The largest absolute Gasteiger partial charge is 0.436 e. The molecule has 0 spiro atoms. The molecule has 2 aliphatic rings. The van der Waals surface area contributed by atoms with Gasteiger partial charge in [0.1, 0.15) is 0 Å². The number of benzene rings is 2. The summed E-state index contributed by atoms with van der Waals surface area (Å²) in [6.45, 7) is 9.40. The molecule has 1 aliphatic heterocycles. The van der Waals surface area contributed by atoms with Gasteiger partial charge < -0.3 is 9.29 Å². The number of rotatable bonds is 3. The molecule has 1 aromatic heterocycles. The van der Waals surface area contributed by atoms with Crippen molar-refractivity contribution in [3.8, 4) is 11.4 Å². The maximum Gasteiger partial charge on any atom is 0.399 e. The Balaban J connectivity index is 0.00000231. The van der Waals surface area contributed by atoms with Crippen LogP contribution in [0.1, 0.15) is 74.9 Å². The molecular weight excluding hydrogens is 557 g/mol. The van der Waals surface area contributed by atoms with Gasteiger partial charge in [0.2, 0.25) is 0 Å². The van der Waals surface area contributed by atoms with Gasteiger partial charge in [0.25, 0.3) is 0 Å². The molecule has 0 saturated heterocycles. The maximum atomic E-state index is 5.20. The van der Waals surface area contributed by atoms with Crippen molar-refractivity contribution in [3.05, 3.63) is 65.0 Å². The Morgan fingerprint density at radius 3 is 2.32 bits per heavy atom. The topological polar surface area (TPSA) is 21.1 Å². The van der Waals surface area contributed by atoms with Gasteiger partial charge in [-0.2, -0.15) is 0 Å². The number of hydrogen-bond donors (Lipinski definition) is 0. The molecule has 31 heavy (non-hydrogen) atoms. The normalized spacial score (nSPS) is 14.9. The summed E-state index contributed by atoms with van der Waals surface area (Å²) in [6, 6.07) is 16.7. The van der Waals surface area contributed by atoms with Gasteiger partial charge in [0.15, 0.2) is 0 Å². The van der Waals surface area contributed by atoms with Crippen molar-refractivity contribution < 1.29 is 20.1 Å². The van der Waals surface area contributed by atoms with Crippen LogP contribution in [0.15, 0.2) is 36.4 Å². The van der Waals surface area contributed by atoms with Crippen molar-refractivity contribution in [3.63, 3.8) is 0 Å². The summed E-state index contributed by atoms with van der Waals surface area (Å²) in [7, 11) is 2.25. The van der Waals surface area contributed by atoms with Crippen LogP contribution in [0.2, 0.25) is 0 Å². The maximum absolute atomic E-state index is 5.20. The number of hydrogen-bond acceptors (Lipinski definition) is 2. The van der Waals surface area contributed by atoms with Gasteiger partial charge in [-0.1, -0.05) is 57.1 Å². The van der Waals surface area contributed by atoms with Gasteiger partial charge in [0, 0.05) is 37.3 Å². The molecule has 5 rings (SSSR count). The SMILES string of the molecule is CC(C)c1cccc(C(C)C)c1B1N(C)c2ccc[c-]c2-c2nc3c(n21)CCCC3.[Ir]. The summed E-state index contributed by atoms with van der Waals surface area (Å²) in [5, 5.41) is 0. The molecule has 0 fully saturated rings. The van der Waals surface area contributed by atoms with Gasteiger partial charge in [-0.3, -0.25) is 4.98 Å². The predicted molar refractivity (Wildman–Crippen MR) is 127 cm³/mol. The van der Waals surface area contributed by atoms with Crippen LogP contribution in [0, 0.1) is 6.07 Å². The number of imidazole rings is 1. The van der Waals surface area contributed by atoms with Crippen LogP contribution in [0.4, 0.5) is 5.69 Å². The van der Waals surface area contributed by atoms with E-state index in [4.69, 9.17) is 4.98 Å². The molecule has 1 radical (unpaired) electrons. The molecule has 0 saturated carbocycles. The Morgan fingerprint density at radius 2 is 1.65 bits per heavy atom. The number of anilines is 1. The number of aryl methyl sites for hydroxylation is 1. The second kappa shape index (κ2) is 8.60. The third kappa shape index (κ3) is 3.51. The van der Waals surface area contributed by atoms with Gasteiger partial charge >= 0.3 is 6.98 Å². The first kappa shape index (κ1) is 22.4. The third-order valence-electron chi connectivity index (χ3n) is 6.90. The Hall–Kier alpha value is -1.84. The fourth-order valence-corrected chi connectivity index (χ4v) is 5.44. The zero-order chi connectivity index (χ0) is 21.0. The second-order valence-electron chi connectivity index (χ2n) is 9.48. The zero-order valence-corrected chi connectivity index (χ0v) is 21.6. The third-order valence-corrected chi connectivity index (χ3v) is 6.90. The van der Waals surface area contributed by atoms with E-state index in [0.29, 0.717) is 11.8 Å². The van der Waals surface area contributed by atoms with Crippen LogP contribution in [-0.4, -0.2) is 23.5 Å². The minimum Gasteiger partial charge on any atom is -0.436 e. The molecule has 163 valence electrons. The van der Waals surface area contributed by atoms with Crippen LogP contribution in [0.5, 0.6) is 0 Å². The summed E-state index contributed by atoms with van der Waals surface area (Å²) in [5.74, 6) is 2.05. The van der Waals surface area contributed by atoms with Gasteiger partial charge in [-0.25, -0.2) is 0 Å². The van der Waals surface area contributed by atoms with E-state index in [1.807, 2.05) is 6.07 Å². The molecule has 3 aromatic rings. The van der Waals surface area contributed by atoms with Crippen molar-refractivity contribution in [2.45, 2.75) is 65.2 Å². The van der Waals surface area contributed by atoms with Crippen molar-refractivity contribution in [1.29, 1.82) is 0 Å². The molecule has 0 atom stereocenters. The van der Waals surface area contributed by atoms with Crippen LogP contribution < -0.4 is 10.3 Å². The number of aromatic nitrogens is 2. The molecule has 0 amide bonds. The Kier molecular flexibility index (Phi) is 6.20. The molecule has 0 N–H and O–H groups in total. The zero-order valence-electron chi connectivity index (χ0n) is 19.2. The van der Waals surface area contributed by atoms with Crippen LogP contribution >= 0.6 is 0 Å². The molecule has 5 heteroatoms. The summed E-state index contributed by atoms with van der Waals surface area (Å²) < 4.78 is 2.56. The van der Waals surface area contributed by atoms with Crippen molar-refractivity contribution in [2.75, 3.05) is 11.9 Å². The summed E-state index contributed by atoms with van der Waals surface area (Å²) in [4.78, 5) is 7.66. The van der Waals surface area contributed by atoms with E-state index >= 15 is 0 Å². The first-order chi connectivity index (χ1) is 14.5. The minimum absolute atomic E-state index is 0. The number of fused-ring (bicyclic) bond motifs is 5. The molecule has 2 aromatic carbocycles. The molecule has 0 unspecified atom stereocenters. The van der Waals surface area contributed by atoms with E-state index in [1.54, 1.807) is 0 Å². The summed E-state index contributed by atoms with van der Waals surface area (Å²) in [5.41, 5.74) is 9.46. The smallest absolute Gasteiger partial charge is 0.399 e. The molecule has 3 nitrogen and oxygen atoms in total. The van der Waals surface area contributed by atoms with E-state index in [1.165, 1.54) is 46.5 Å². The Bertz CT molecular complexity index is 1080. The van der Waals surface area contributed by atoms with Gasteiger partial charge in [-0.05, 0) is 61.2 Å². The molecular formula is C26H31BIrN3-. The average molecular weight is 589 g/mol. The average Bonchev–Trinajstić information content (AvgIpc) is 3.13. The van der Waals surface area contributed by atoms with Crippen molar-refractivity contribution >= 4 is 18.1 Å². The predicted octanol–water partition coefficient (Wildman–Crippen LogP) is 5.17. The fraction of sp³-hybridized carbons (Fsp3) is 0.423. The van der Waals surface area contributed by atoms with Crippen LogP contribution in [0.3, 0.4) is 0 Å². The molecule has 2 heterocycles. The quantitative estimate of drug-likeness (QED) is 0.311. The van der Waals surface area contributed by atoms with E-state index in [0.717, 1.165) is 24.2 Å². The van der Waals surface area contributed by atoms with Crippen molar-refractivity contribution in [2.24, 2.45) is 0 Å². The first-order valence-electron chi connectivity index (χ1n) is 11.5. The van der Waals surface area contributed by atoms with Gasteiger partial charge in [0.05, 0.1) is 0 Å². The van der Waals surface area contributed by atoms with Crippen LogP contribution in [-0.2, 0) is 32.9 Å². The Labute approximate surface area is 200 Å². The van der Waals surface area contributed by atoms with Crippen LogP contribution in [0.25, 0.3) is 11.4 Å².